The van der Waals surface area contributed by atoms with E-state index in [0.717, 1.165) is 6.42 Å². The van der Waals surface area contributed by atoms with Crippen molar-refractivity contribution in [1.82, 2.24) is 10.6 Å². The molecule has 0 atom stereocenters. The second-order valence-corrected chi connectivity index (χ2v) is 5.73. The maximum Gasteiger partial charge on any atom is 0.259 e. The predicted molar refractivity (Wildman–Crippen MR) is 103 cm³/mol. The molecule has 2 rings (SSSR count). The molecule has 0 spiro atoms. The molecule has 27 heavy (non-hydrogen) atoms. The third-order valence-electron chi connectivity index (χ3n) is 3.54. The highest BCUT2D eigenvalue weighted by atomic mass is 16.5. The molecule has 2 aromatic rings. The zero-order valence-corrected chi connectivity index (χ0v) is 15.2. The molecule has 0 heterocycles. The molecule has 3 amide bonds. The summed E-state index contributed by atoms with van der Waals surface area (Å²) < 4.78 is 5.47. The van der Waals surface area contributed by atoms with E-state index >= 15 is 0 Å². The average Bonchev–Trinajstić information content (AvgIpc) is 2.70. The van der Waals surface area contributed by atoms with Gasteiger partial charge in [0.2, 0.25) is 5.91 Å². The van der Waals surface area contributed by atoms with Crippen LogP contribution in [0.4, 0.5) is 5.69 Å². The second-order valence-electron chi connectivity index (χ2n) is 5.73. The van der Waals surface area contributed by atoms with Crippen LogP contribution in [0.5, 0.6) is 5.75 Å². The topological polar surface area (TPSA) is 96.5 Å². The lowest BCUT2D eigenvalue weighted by atomic mass is 10.2. The molecule has 0 fully saturated rings. The van der Waals surface area contributed by atoms with Crippen LogP contribution in [-0.4, -0.2) is 37.4 Å². The Labute approximate surface area is 158 Å². The van der Waals surface area contributed by atoms with E-state index in [9.17, 15) is 14.4 Å². The molecule has 7 heteroatoms. The van der Waals surface area contributed by atoms with Crippen molar-refractivity contribution in [3.8, 4) is 5.75 Å². The number of nitrogens with one attached hydrogen (secondary N) is 3. The molecule has 0 saturated heterocycles. The number of amides is 3. The number of benzene rings is 2. The fourth-order valence-corrected chi connectivity index (χ4v) is 2.20. The molecule has 0 bridgehead atoms. The third kappa shape index (κ3) is 6.81. The standard InChI is InChI=1S/C20H23N3O4/c1-2-12-21-18(24)13-22-19(25)14-27-17-11-7-6-10-16(17)20(26)23-15-8-4-3-5-9-15/h3-11H,2,12-14H2,1H3,(H,21,24)(H,22,25)(H,23,26). The third-order valence-corrected chi connectivity index (χ3v) is 3.54. The van der Waals surface area contributed by atoms with Gasteiger partial charge in [-0.25, -0.2) is 0 Å². The minimum absolute atomic E-state index is 0.113. The number of hydrogen-bond acceptors (Lipinski definition) is 4. The molecular weight excluding hydrogens is 346 g/mol. The summed E-state index contributed by atoms with van der Waals surface area (Å²) in [6.07, 6.45) is 0.824. The first kappa shape index (κ1) is 20.0. The van der Waals surface area contributed by atoms with Crippen LogP contribution in [0.15, 0.2) is 54.6 Å². The Bertz CT molecular complexity index is 778. The van der Waals surface area contributed by atoms with Gasteiger partial charge in [0.1, 0.15) is 5.75 Å². The molecule has 2 aromatic carbocycles. The summed E-state index contributed by atoms with van der Waals surface area (Å²) in [7, 11) is 0. The van der Waals surface area contributed by atoms with Crippen LogP contribution < -0.4 is 20.7 Å². The first-order valence-corrected chi connectivity index (χ1v) is 8.71. The Morgan fingerprint density at radius 3 is 2.33 bits per heavy atom. The number of ether oxygens (including phenoxy) is 1. The van der Waals surface area contributed by atoms with E-state index in [1.807, 2.05) is 25.1 Å². The van der Waals surface area contributed by atoms with Gasteiger partial charge in [-0.1, -0.05) is 37.3 Å². The van der Waals surface area contributed by atoms with Crippen molar-refractivity contribution in [2.45, 2.75) is 13.3 Å². The first-order chi connectivity index (χ1) is 13.1. The van der Waals surface area contributed by atoms with E-state index in [1.54, 1.807) is 36.4 Å². The molecule has 0 aliphatic heterocycles. The van der Waals surface area contributed by atoms with Crippen LogP contribution in [0, 0.1) is 0 Å². The minimum atomic E-state index is -0.445. The fraction of sp³-hybridized carbons (Fsp3) is 0.250. The van der Waals surface area contributed by atoms with Crippen LogP contribution in [0.1, 0.15) is 23.7 Å². The lowest BCUT2D eigenvalue weighted by Gasteiger charge is -2.12. The summed E-state index contributed by atoms with van der Waals surface area (Å²) in [4.78, 5) is 35.8. The van der Waals surface area contributed by atoms with Crippen molar-refractivity contribution in [3.63, 3.8) is 0 Å². The number of carbonyl (C=O) groups is 3. The number of carbonyl (C=O) groups excluding carboxylic acids is 3. The Morgan fingerprint density at radius 2 is 1.59 bits per heavy atom. The van der Waals surface area contributed by atoms with Gasteiger partial charge in [-0.2, -0.15) is 0 Å². The average molecular weight is 369 g/mol. The molecule has 0 aromatic heterocycles. The van der Waals surface area contributed by atoms with E-state index in [1.165, 1.54) is 0 Å². The monoisotopic (exact) mass is 369 g/mol. The van der Waals surface area contributed by atoms with Crippen molar-refractivity contribution >= 4 is 23.4 Å². The van der Waals surface area contributed by atoms with Crippen molar-refractivity contribution in [2.24, 2.45) is 0 Å². The van der Waals surface area contributed by atoms with Gasteiger partial charge in [0.05, 0.1) is 12.1 Å². The molecule has 0 saturated carbocycles. The van der Waals surface area contributed by atoms with Gasteiger partial charge in [-0.05, 0) is 30.7 Å². The van der Waals surface area contributed by atoms with E-state index in [-0.39, 0.29) is 30.7 Å². The smallest absolute Gasteiger partial charge is 0.259 e. The number of para-hydroxylation sites is 2. The highest BCUT2D eigenvalue weighted by Gasteiger charge is 2.14. The van der Waals surface area contributed by atoms with Crippen molar-refractivity contribution < 1.29 is 19.1 Å². The van der Waals surface area contributed by atoms with E-state index in [4.69, 9.17) is 4.74 Å². The van der Waals surface area contributed by atoms with Gasteiger partial charge >= 0.3 is 0 Å². The van der Waals surface area contributed by atoms with Crippen molar-refractivity contribution in [2.75, 3.05) is 25.0 Å². The van der Waals surface area contributed by atoms with Gasteiger partial charge in [-0.3, -0.25) is 14.4 Å². The SMILES string of the molecule is CCCNC(=O)CNC(=O)COc1ccccc1C(=O)Nc1ccccc1. The van der Waals surface area contributed by atoms with Gasteiger partial charge < -0.3 is 20.7 Å². The Balaban J connectivity index is 1.89. The van der Waals surface area contributed by atoms with Gasteiger partial charge in [0.25, 0.3) is 11.8 Å². The van der Waals surface area contributed by atoms with Crippen LogP contribution in [-0.2, 0) is 9.59 Å². The molecule has 0 aliphatic carbocycles. The molecule has 0 radical (unpaired) electrons. The zero-order chi connectivity index (χ0) is 19.5. The van der Waals surface area contributed by atoms with Crippen molar-refractivity contribution in [3.05, 3.63) is 60.2 Å². The summed E-state index contributed by atoms with van der Waals surface area (Å²) in [6.45, 7) is 2.10. The van der Waals surface area contributed by atoms with E-state index in [0.29, 0.717) is 17.8 Å². The molecule has 0 unspecified atom stereocenters. The summed E-state index contributed by atoms with van der Waals surface area (Å²) in [6, 6.07) is 15.7. The zero-order valence-electron chi connectivity index (χ0n) is 15.2. The molecule has 7 nitrogen and oxygen atoms in total. The lowest BCUT2D eigenvalue weighted by molar-refractivity contribution is -0.127. The van der Waals surface area contributed by atoms with E-state index < -0.39 is 5.91 Å². The summed E-state index contributed by atoms with van der Waals surface area (Å²) in [5.41, 5.74) is 0.975. The molecule has 3 N–H and O–H groups in total. The Kier molecular flexibility index (Phi) is 7.84. The van der Waals surface area contributed by atoms with Gasteiger partial charge in [0.15, 0.2) is 6.61 Å². The predicted octanol–water partition coefficient (Wildman–Crippen LogP) is 1.96. The highest BCUT2D eigenvalue weighted by Crippen LogP contribution is 2.19. The Hall–Kier alpha value is -3.35. The Morgan fingerprint density at radius 1 is 0.889 bits per heavy atom. The maximum absolute atomic E-state index is 12.5. The summed E-state index contributed by atoms with van der Waals surface area (Å²) in [5, 5.41) is 7.91. The van der Waals surface area contributed by atoms with Crippen molar-refractivity contribution in [1.29, 1.82) is 0 Å². The fourth-order valence-electron chi connectivity index (χ4n) is 2.20. The van der Waals surface area contributed by atoms with Gasteiger partial charge in [-0.15, -0.1) is 0 Å². The molecular formula is C20H23N3O4. The van der Waals surface area contributed by atoms with E-state index in [2.05, 4.69) is 16.0 Å². The highest BCUT2D eigenvalue weighted by molar-refractivity contribution is 6.06. The maximum atomic E-state index is 12.5. The second kappa shape index (κ2) is 10.6. The minimum Gasteiger partial charge on any atom is -0.483 e. The molecule has 0 aliphatic rings. The normalized spacial score (nSPS) is 9.96. The lowest BCUT2D eigenvalue weighted by Crippen LogP contribution is -2.39. The first-order valence-electron chi connectivity index (χ1n) is 8.71. The van der Waals surface area contributed by atoms with Gasteiger partial charge in [0, 0.05) is 12.2 Å². The van der Waals surface area contributed by atoms with Crippen LogP contribution >= 0.6 is 0 Å². The summed E-state index contributed by atoms with van der Waals surface area (Å²) >= 11 is 0. The quantitative estimate of drug-likeness (QED) is 0.629. The summed E-state index contributed by atoms with van der Waals surface area (Å²) in [5.74, 6) is -0.750. The number of anilines is 1. The number of hydrogen-bond donors (Lipinski definition) is 3. The number of rotatable bonds is 9. The molecule has 142 valence electrons. The van der Waals surface area contributed by atoms with Crippen LogP contribution in [0.2, 0.25) is 0 Å². The van der Waals surface area contributed by atoms with Crippen LogP contribution in [0.25, 0.3) is 0 Å². The largest absolute Gasteiger partial charge is 0.483 e. The van der Waals surface area contributed by atoms with Crippen LogP contribution in [0.3, 0.4) is 0 Å².